The number of benzene rings is 1. The van der Waals surface area contributed by atoms with Crippen LogP contribution in [-0.2, 0) is 51.8 Å². The molecule has 18 nitrogen and oxygen atoms in total. The van der Waals surface area contributed by atoms with E-state index < -0.39 is 121 Å². The highest BCUT2D eigenvalue weighted by atomic mass is 35.5. The topological polar surface area (TPSA) is 208 Å². The fourth-order valence-corrected chi connectivity index (χ4v) is 10.7. The van der Waals surface area contributed by atoms with Gasteiger partial charge in [-0.05, 0) is 107 Å². The first kappa shape index (κ1) is 58.9. The highest BCUT2D eigenvalue weighted by molar-refractivity contribution is 6.30. The first-order valence-electron chi connectivity index (χ1n) is 26.2. The molecule has 1 aliphatic carbocycles. The number of aromatic nitrogens is 2. The van der Waals surface area contributed by atoms with Crippen molar-refractivity contribution in [3.63, 3.8) is 0 Å². The van der Waals surface area contributed by atoms with Crippen molar-refractivity contribution in [1.29, 1.82) is 0 Å². The molecule has 4 heterocycles. The van der Waals surface area contributed by atoms with Crippen molar-refractivity contribution in [3.05, 3.63) is 41.2 Å². The summed E-state index contributed by atoms with van der Waals surface area (Å²) >= 11 is 6.53. The number of ether oxygens (including phenoxy) is 1. The summed E-state index contributed by atoms with van der Waals surface area (Å²) in [4.78, 5) is 106. The van der Waals surface area contributed by atoms with Gasteiger partial charge in [0.1, 0.15) is 47.3 Å². The standard InChI is InChI=1S/C52H75ClF4N10O8/c1-32(2)25-39-47(72)65(7)41(27-33-26-35(53)15-16-37(33)34-29-59-63(5)30-34)45(70)62-50(3,4)48(73)58-19-10-8-14-40(43(68)61-39)64(6)46(71)38(13-9-11-20-66-21-23-75-24-22-66)60-44(69)42-28-36(54)31-67(42)49(74)51(17-12-18-51)52(55,56)57/h15-16,26,29-30,32,36,38-42H,8-14,17-25,27-28,31H2,1-7H3,(H,58,73)(H,60,69)(H,61,68)(H,62,70)/t36-,38+,39+,40+,41+,42+/m1/s1. The van der Waals surface area contributed by atoms with Gasteiger partial charge in [-0.2, -0.15) is 18.3 Å². The van der Waals surface area contributed by atoms with Crippen LogP contribution >= 0.6 is 11.6 Å². The first-order valence-corrected chi connectivity index (χ1v) is 26.5. The summed E-state index contributed by atoms with van der Waals surface area (Å²) in [7, 11) is 4.58. The molecule has 75 heavy (non-hydrogen) atoms. The maximum absolute atomic E-state index is 15.2. The number of hydrogen-bond acceptors (Lipinski definition) is 10. The average molecular weight is 1080 g/mol. The molecule has 4 fully saturated rings. The number of morpholine rings is 1. The molecule has 0 bridgehead atoms. The van der Waals surface area contributed by atoms with Crippen molar-refractivity contribution in [2.75, 3.05) is 60.0 Å². The molecule has 1 aromatic heterocycles. The lowest BCUT2D eigenvalue weighted by Crippen LogP contribution is -2.62. The number of nitrogens with zero attached hydrogens (tertiary/aromatic N) is 6. The molecule has 23 heteroatoms. The molecule has 7 amide bonds. The van der Waals surface area contributed by atoms with Gasteiger partial charge in [-0.25, -0.2) is 4.39 Å². The Morgan fingerprint density at radius 2 is 1.72 bits per heavy atom. The minimum Gasteiger partial charge on any atom is -0.379 e. The van der Waals surface area contributed by atoms with Gasteiger partial charge in [0.25, 0.3) is 0 Å². The van der Waals surface area contributed by atoms with Crippen LogP contribution in [0.4, 0.5) is 17.6 Å². The molecule has 4 N–H and O–H groups in total. The molecule has 2 aromatic rings. The van der Waals surface area contributed by atoms with Crippen molar-refractivity contribution >= 4 is 53.0 Å². The van der Waals surface area contributed by atoms with Gasteiger partial charge in [0.2, 0.25) is 41.4 Å². The van der Waals surface area contributed by atoms with E-state index in [9.17, 15) is 46.7 Å². The van der Waals surface area contributed by atoms with Crippen LogP contribution in [0.15, 0.2) is 30.6 Å². The highest BCUT2D eigenvalue weighted by Gasteiger charge is 2.66. The van der Waals surface area contributed by atoms with Crippen LogP contribution < -0.4 is 21.3 Å². The van der Waals surface area contributed by atoms with Crippen LogP contribution in [0.2, 0.25) is 5.02 Å². The number of carbonyl (C=O) groups excluding carboxylic acids is 7. The molecular weight excluding hydrogens is 1000 g/mol. The van der Waals surface area contributed by atoms with Gasteiger partial charge >= 0.3 is 6.18 Å². The van der Waals surface area contributed by atoms with E-state index >= 15 is 4.39 Å². The number of unbranched alkanes of at least 4 members (excludes halogenated alkanes) is 1. The Kier molecular flexibility index (Phi) is 19.8. The lowest BCUT2D eigenvalue weighted by molar-refractivity contribution is -0.248. The molecule has 1 aromatic carbocycles. The number of rotatable bonds is 15. The number of halogens is 5. The quantitative estimate of drug-likeness (QED) is 0.147. The fourth-order valence-electron chi connectivity index (χ4n) is 10.5. The summed E-state index contributed by atoms with van der Waals surface area (Å²) in [6, 6.07) is -1.56. The lowest BCUT2D eigenvalue weighted by Gasteiger charge is -2.44. The van der Waals surface area contributed by atoms with Crippen LogP contribution in [-0.4, -0.2) is 179 Å². The summed E-state index contributed by atoms with van der Waals surface area (Å²) in [5.74, 6) is -5.77. The second kappa shape index (κ2) is 25.2. The first-order chi connectivity index (χ1) is 35.3. The number of nitrogens with one attached hydrogen (secondary N) is 4. The average Bonchev–Trinajstić information content (AvgIpc) is 3.95. The molecule has 3 aliphatic heterocycles. The number of carbonyl (C=O) groups is 7. The molecule has 6 rings (SSSR count). The normalized spacial score (nSPS) is 24.7. The molecular formula is C52H75ClF4N10O8. The van der Waals surface area contributed by atoms with Crippen LogP contribution in [0.5, 0.6) is 0 Å². The SMILES string of the molecule is CC(C)C[C@@H]1NC(=O)[C@@H](N(C)C(=O)[C@H](CCCCN2CCOCC2)NC(=O)[C@@H]2C[C@@H](F)CN2C(=O)C2(C(F)(F)F)CCC2)CCCCNC(=O)C(C)(C)NC(=O)[C@H](Cc2cc(Cl)ccc2-c2cnn(C)c2)N(C)C1=O. The smallest absolute Gasteiger partial charge is 0.379 e. The largest absolute Gasteiger partial charge is 0.403 e. The van der Waals surface area contributed by atoms with E-state index in [4.69, 9.17) is 16.3 Å². The van der Waals surface area contributed by atoms with E-state index in [0.717, 1.165) is 5.56 Å². The minimum absolute atomic E-state index is 0.0272. The van der Waals surface area contributed by atoms with Gasteiger partial charge in [-0.15, -0.1) is 0 Å². The summed E-state index contributed by atoms with van der Waals surface area (Å²) < 4.78 is 65.4. The van der Waals surface area contributed by atoms with Crippen LogP contribution in [0.3, 0.4) is 0 Å². The lowest BCUT2D eigenvalue weighted by atomic mass is 9.67. The molecule has 416 valence electrons. The zero-order chi connectivity index (χ0) is 55.0. The number of aryl methyl sites for hydroxylation is 1. The third-order valence-electron chi connectivity index (χ3n) is 15.2. The van der Waals surface area contributed by atoms with Crippen LogP contribution in [0, 0.1) is 11.3 Å². The Bertz CT molecular complexity index is 2380. The molecule has 0 unspecified atom stereocenters. The Labute approximate surface area is 441 Å². The van der Waals surface area contributed by atoms with Gasteiger partial charge in [0.15, 0.2) is 0 Å². The predicted molar refractivity (Wildman–Crippen MR) is 271 cm³/mol. The predicted octanol–water partition coefficient (Wildman–Crippen LogP) is 4.32. The zero-order valence-electron chi connectivity index (χ0n) is 44.2. The van der Waals surface area contributed by atoms with Crippen molar-refractivity contribution < 1.29 is 55.9 Å². The van der Waals surface area contributed by atoms with Crippen LogP contribution in [0.1, 0.15) is 104 Å². The third kappa shape index (κ3) is 14.4. The molecule has 3 saturated heterocycles. The maximum atomic E-state index is 15.2. The van der Waals surface area contributed by atoms with Crippen molar-refractivity contribution in [3.8, 4) is 11.1 Å². The second-order valence-electron chi connectivity index (χ2n) is 21.6. The van der Waals surface area contributed by atoms with Gasteiger partial charge < -0.3 is 40.7 Å². The van der Waals surface area contributed by atoms with E-state index in [2.05, 4.69) is 31.3 Å². The molecule has 0 spiro atoms. The Morgan fingerprint density at radius 1 is 1.01 bits per heavy atom. The van der Waals surface area contributed by atoms with Gasteiger partial charge in [-0.3, -0.25) is 43.1 Å². The van der Waals surface area contributed by atoms with E-state index in [1.54, 1.807) is 56.2 Å². The molecule has 0 radical (unpaired) electrons. The van der Waals surface area contributed by atoms with Crippen molar-refractivity contribution in [2.24, 2.45) is 18.4 Å². The Morgan fingerprint density at radius 3 is 2.35 bits per heavy atom. The van der Waals surface area contributed by atoms with Crippen molar-refractivity contribution in [2.45, 2.75) is 153 Å². The van der Waals surface area contributed by atoms with Gasteiger partial charge in [0.05, 0.1) is 26.0 Å². The van der Waals surface area contributed by atoms with Crippen LogP contribution in [0.25, 0.3) is 11.1 Å². The van der Waals surface area contributed by atoms with Crippen molar-refractivity contribution in [1.82, 2.24) is 50.6 Å². The summed E-state index contributed by atoms with van der Waals surface area (Å²) in [5.41, 5.74) is -2.16. The van der Waals surface area contributed by atoms with Gasteiger partial charge in [-0.1, -0.05) is 37.9 Å². The molecule has 6 atom stereocenters. The number of likely N-dealkylation sites (N-methyl/N-ethyl adjacent to an activating group) is 2. The maximum Gasteiger partial charge on any atom is 0.403 e. The second-order valence-corrected chi connectivity index (χ2v) is 22.1. The zero-order valence-corrected chi connectivity index (χ0v) is 45.0. The molecule has 1 saturated carbocycles. The highest BCUT2D eigenvalue weighted by Crippen LogP contribution is 2.54. The van der Waals surface area contributed by atoms with E-state index in [0.29, 0.717) is 73.2 Å². The number of amides is 7. The van der Waals surface area contributed by atoms with Gasteiger partial charge in [0, 0.05) is 70.4 Å². The van der Waals surface area contributed by atoms with E-state index in [1.165, 1.54) is 23.9 Å². The van der Waals surface area contributed by atoms with E-state index in [-0.39, 0.29) is 51.0 Å². The summed E-state index contributed by atoms with van der Waals surface area (Å²) in [5, 5.41) is 15.9. The number of alkyl halides is 4. The minimum atomic E-state index is -4.92. The Balaban J connectivity index is 1.30. The van der Waals surface area contributed by atoms with E-state index in [1.807, 2.05) is 13.8 Å². The Hall–Kier alpha value is -5.35. The summed E-state index contributed by atoms with van der Waals surface area (Å²) in [6.45, 7) is 9.39. The monoisotopic (exact) mass is 1080 g/mol. The number of hydrogen-bond donors (Lipinski definition) is 4. The number of likely N-dealkylation sites (tertiary alicyclic amines) is 1. The fraction of sp³-hybridized carbons (Fsp3) is 0.692. The third-order valence-corrected chi connectivity index (χ3v) is 15.4. The molecule has 4 aliphatic rings. The summed E-state index contributed by atoms with van der Waals surface area (Å²) in [6.07, 6.45) is -2.97.